The summed E-state index contributed by atoms with van der Waals surface area (Å²) in [6, 6.07) is 44.0. The molecule has 0 aliphatic carbocycles. The van der Waals surface area contributed by atoms with Gasteiger partial charge in [0, 0.05) is 39.1 Å². The van der Waals surface area contributed by atoms with Crippen LogP contribution >= 0.6 is 0 Å². The highest BCUT2D eigenvalue weighted by molar-refractivity contribution is 6.10. The Hall–Kier alpha value is -6.60. The van der Waals surface area contributed by atoms with Crippen molar-refractivity contribution in [3.8, 4) is 56.1 Å². The van der Waals surface area contributed by atoms with Gasteiger partial charge in [-0.05, 0) is 85.4 Å². The lowest BCUT2D eigenvalue weighted by Gasteiger charge is -2.30. The topological polar surface area (TPSA) is 89.0 Å². The Morgan fingerprint density at radius 3 is 1.75 bits per heavy atom. The minimum Gasteiger partial charge on any atom is -0.494 e. The number of aromatic amines is 2. The molecular weight excluding hydrogens is 693 g/mol. The van der Waals surface area contributed by atoms with E-state index in [-0.39, 0.29) is 11.3 Å². The van der Waals surface area contributed by atoms with Gasteiger partial charge in [-0.25, -0.2) is 4.63 Å². The average molecular weight is 735 g/mol. The molecule has 6 aromatic carbocycles. The van der Waals surface area contributed by atoms with E-state index in [0.29, 0.717) is 0 Å². The van der Waals surface area contributed by atoms with Crippen LogP contribution in [0.4, 0.5) is 0 Å². The number of hydrogen-bond acceptors (Lipinski definition) is 5. The van der Waals surface area contributed by atoms with Gasteiger partial charge in [-0.15, -0.1) is 0 Å². The number of aromatic nitrogens is 4. The van der Waals surface area contributed by atoms with Crippen molar-refractivity contribution in [3.63, 3.8) is 0 Å². The standard InChI is InChI=1S/C49H42N4O3/c1-6-36-32-14-8-28(9-15-32)29-10-16-33(17-11-29)37-24-25-40(46-43(37)52-56-53-46)49(3,7-2)35-22-20-31(21-23-35)30-12-18-34(19-13-30)41-26-38-44(50-41)48(55-5)39-27-42(36)51-45(39)47(38)54-4/h8-27,36,50-51H,6-7H2,1-5H3/t36?,49-/m1/s1. The van der Waals surface area contributed by atoms with Crippen molar-refractivity contribution in [2.75, 3.05) is 14.2 Å². The van der Waals surface area contributed by atoms with E-state index in [1.165, 1.54) is 11.1 Å². The minimum atomic E-state index is -0.309. The third-order valence-corrected chi connectivity index (χ3v) is 12.4. The Morgan fingerprint density at radius 2 is 1.14 bits per heavy atom. The molecule has 13 heterocycles. The molecule has 0 fully saturated rings. The zero-order chi connectivity index (χ0) is 38.1. The number of nitrogens with one attached hydrogen (secondary N) is 2. The molecule has 7 nitrogen and oxygen atoms in total. The summed E-state index contributed by atoms with van der Waals surface area (Å²) in [5.41, 5.74) is 16.5. The monoisotopic (exact) mass is 734 g/mol. The number of benzene rings is 6. The highest BCUT2D eigenvalue weighted by Crippen LogP contribution is 2.46. The fraction of sp³-hybridized carbons (Fsp3) is 0.184. The van der Waals surface area contributed by atoms with E-state index >= 15 is 0 Å². The normalized spacial score (nSPS) is 16.3. The maximum Gasteiger partial charge on any atom is 0.152 e. The molecule has 1 unspecified atom stereocenters. The second-order valence-corrected chi connectivity index (χ2v) is 15.2. The molecule has 276 valence electrons. The summed E-state index contributed by atoms with van der Waals surface area (Å²) in [6.07, 6.45) is 1.81. The van der Waals surface area contributed by atoms with Gasteiger partial charge in [0.25, 0.3) is 0 Å². The first-order valence-electron chi connectivity index (χ1n) is 19.4. The molecule has 19 rings (SSSR count). The highest BCUT2D eigenvalue weighted by Gasteiger charge is 2.31. The molecule has 3 aromatic heterocycles. The molecule has 7 heteroatoms. The molecule has 0 amide bonds. The van der Waals surface area contributed by atoms with Crippen molar-refractivity contribution in [2.24, 2.45) is 0 Å². The second kappa shape index (κ2) is 13.0. The van der Waals surface area contributed by atoms with Crippen LogP contribution in [0.1, 0.15) is 61.9 Å². The third kappa shape index (κ3) is 5.10. The van der Waals surface area contributed by atoms with Crippen molar-refractivity contribution in [1.29, 1.82) is 0 Å². The van der Waals surface area contributed by atoms with Crippen LogP contribution in [-0.4, -0.2) is 34.5 Å². The summed E-state index contributed by atoms with van der Waals surface area (Å²) in [4.78, 5) is 7.45. The maximum absolute atomic E-state index is 6.14. The van der Waals surface area contributed by atoms with Gasteiger partial charge in [0.1, 0.15) is 11.0 Å². The van der Waals surface area contributed by atoms with E-state index in [0.717, 1.165) is 113 Å². The summed E-state index contributed by atoms with van der Waals surface area (Å²) in [7, 11) is 3.48. The van der Waals surface area contributed by atoms with Crippen LogP contribution in [0.5, 0.6) is 11.5 Å². The summed E-state index contributed by atoms with van der Waals surface area (Å²) in [6.45, 7) is 6.74. The fourth-order valence-corrected chi connectivity index (χ4v) is 9.04. The Kier molecular flexibility index (Phi) is 7.89. The molecule has 10 aliphatic heterocycles. The molecule has 0 radical (unpaired) electrons. The van der Waals surface area contributed by atoms with Crippen molar-refractivity contribution in [3.05, 3.63) is 144 Å². The van der Waals surface area contributed by atoms with Gasteiger partial charge in [0.2, 0.25) is 0 Å². The first kappa shape index (κ1) is 33.9. The van der Waals surface area contributed by atoms with Crippen LogP contribution in [0.3, 0.4) is 0 Å². The second-order valence-electron chi connectivity index (χ2n) is 15.2. The van der Waals surface area contributed by atoms with Crippen molar-refractivity contribution < 1.29 is 14.1 Å². The zero-order valence-electron chi connectivity index (χ0n) is 32.2. The molecule has 10 aliphatic rings. The lowest BCUT2D eigenvalue weighted by atomic mass is 9.73. The molecule has 0 spiro atoms. The number of hydrogen-bond donors (Lipinski definition) is 2. The Bertz CT molecular complexity index is 2840. The minimum absolute atomic E-state index is 0.156. The van der Waals surface area contributed by atoms with Gasteiger partial charge in [0.05, 0.1) is 25.3 Å². The Labute approximate surface area is 325 Å². The first-order chi connectivity index (χ1) is 27.4. The average Bonchev–Trinajstić information content (AvgIpc) is 4.03. The van der Waals surface area contributed by atoms with Crippen LogP contribution in [0.25, 0.3) is 77.5 Å². The van der Waals surface area contributed by atoms with E-state index in [1.54, 1.807) is 14.2 Å². The van der Waals surface area contributed by atoms with Gasteiger partial charge in [-0.1, -0.05) is 130 Å². The summed E-state index contributed by atoms with van der Waals surface area (Å²) >= 11 is 0. The van der Waals surface area contributed by atoms with Crippen molar-refractivity contribution in [1.82, 2.24) is 20.3 Å². The Morgan fingerprint density at radius 1 is 0.607 bits per heavy atom. The van der Waals surface area contributed by atoms with Crippen LogP contribution in [0.15, 0.2) is 126 Å². The smallest absolute Gasteiger partial charge is 0.152 e. The summed E-state index contributed by atoms with van der Waals surface area (Å²) in [5.74, 6) is 1.75. The molecular formula is C49H42N4O3. The summed E-state index contributed by atoms with van der Waals surface area (Å²) < 4.78 is 17.7. The van der Waals surface area contributed by atoms with Gasteiger partial charge in [-0.3, -0.25) is 0 Å². The molecule has 16 bridgehead atoms. The zero-order valence-corrected chi connectivity index (χ0v) is 32.2. The van der Waals surface area contributed by atoms with E-state index < -0.39 is 0 Å². The molecule has 0 saturated carbocycles. The van der Waals surface area contributed by atoms with Crippen LogP contribution < -0.4 is 9.47 Å². The SMILES string of the molecule is CCC1c2ccc(cc2)-c2ccc(cc2)-c2ccc(c3nonc23)[C@](C)(CC)c2ccc(cc2)-c2ccc(cc2)-c2cc3c(OC)c4[nH]c1cc4c(OC)c3[nH]2. The molecule has 0 saturated heterocycles. The van der Waals surface area contributed by atoms with Gasteiger partial charge in [-0.2, -0.15) is 0 Å². The number of H-pyrrole nitrogens is 2. The van der Waals surface area contributed by atoms with Gasteiger partial charge >= 0.3 is 0 Å². The van der Waals surface area contributed by atoms with Gasteiger partial charge in [0.15, 0.2) is 11.5 Å². The Balaban J connectivity index is 1.16. The lowest BCUT2D eigenvalue weighted by molar-refractivity contribution is 0.315. The number of methoxy groups -OCH3 is 2. The number of ether oxygens (including phenoxy) is 2. The molecule has 56 heavy (non-hydrogen) atoms. The van der Waals surface area contributed by atoms with E-state index in [2.05, 4.69) is 162 Å². The van der Waals surface area contributed by atoms with E-state index in [4.69, 9.17) is 14.1 Å². The fourth-order valence-electron chi connectivity index (χ4n) is 9.04. The van der Waals surface area contributed by atoms with Gasteiger partial charge < -0.3 is 19.4 Å². The van der Waals surface area contributed by atoms with Crippen LogP contribution in [0.2, 0.25) is 0 Å². The predicted octanol–water partition coefficient (Wildman–Crippen LogP) is 12.4. The largest absolute Gasteiger partial charge is 0.494 e. The maximum atomic E-state index is 6.14. The lowest BCUT2D eigenvalue weighted by Crippen LogP contribution is -2.23. The van der Waals surface area contributed by atoms with Crippen molar-refractivity contribution in [2.45, 2.75) is 44.9 Å². The quantitative estimate of drug-likeness (QED) is 0.188. The van der Waals surface area contributed by atoms with Crippen LogP contribution in [0, 0.1) is 0 Å². The highest BCUT2D eigenvalue weighted by atomic mass is 16.6. The van der Waals surface area contributed by atoms with Crippen LogP contribution in [-0.2, 0) is 5.41 Å². The molecule has 2 atom stereocenters. The van der Waals surface area contributed by atoms with E-state index in [1.807, 2.05) is 0 Å². The molecule has 2 N–H and O–H groups in total. The third-order valence-electron chi connectivity index (χ3n) is 12.4. The van der Waals surface area contributed by atoms with Crippen molar-refractivity contribution >= 4 is 32.8 Å². The number of rotatable bonds is 4. The molecule has 9 aromatic rings. The summed E-state index contributed by atoms with van der Waals surface area (Å²) in [5, 5.41) is 10.9. The number of nitrogens with zero attached hydrogens (tertiary/aromatic N) is 2. The predicted molar refractivity (Wildman–Crippen MR) is 226 cm³/mol. The van der Waals surface area contributed by atoms with E-state index in [9.17, 15) is 0 Å². The first-order valence-corrected chi connectivity index (χ1v) is 19.4.